The molecule has 0 aliphatic carbocycles. The molecule has 20 heavy (non-hydrogen) atoms. The Kier molecular flexibility index (Phi) is 3.95. The van der Waals surface area contributed by atoms with E-state index in [1.807, 2.05) is 6.92 Å². The van der Waals surface area contributed by atoms with E-state index in [1.54, 1.807) is 13.0 Å². The van der Waals surface area contributed by atoms with Crippen molar-refractivity contribution in [2.24, 2.45) is 4.99 Å². The highest BCUT2D eigenvalue weighted by atomic mass is 32.2. The van der Waals surface area contributed by atoms with Crippen LogP contribution in [0.2, 0.25) is 0 Å². The number of aliphatic imine (C=N–C) groups is 1. The first-order valence-corrected chi connectivity index (χ1v) is 7.04. The molecule has 2 nitrogen and oxygen atoms in total. The van der Waals surface area contributed by atoms with E-state index in [2.05, 4.69) is 4.99 Å². The first-order chi connectivity index (χ1) is 9.26. The van der Waals surface area contributed by atoms with Gasteiger partial charge in [-0.2, -0.15) is 13.2 Å². The van der Waals surface area contributed by atoms with Gasteiger partial charge in [0.2, 0.25) is 0 Å². The Labute approximate surface area is 119 Å². The Morgan fingerprint density at radius 1 is 1.30 bits per heavy atom. The van der Waals surface area contributed by atoms with Crippen LogP contribution in [0.25, 0.3) is 0 Å². The number of hydrogen-bond donors (Lipinski definition) is 0. The van der Waals surface area contributed by atoms with Crippen molar-refractivity contribution in [1.29, 1.82) is 0 Å². The first-order valence-electron chi connectivity index (χ1n) is 6.22. The Morgan fingerprint density at radius 3 is 2.50 bits per heavy atom. The second-order valence-electron chi connectivity index (χ2n) is 4.83. The van der Waals surface area contributed by atoms with Crippen LogP contribution in [0.4, 0.5) is 13.2 Å². The molecule has 0 saturated heterocycles. The van der Waals surface area contributed by atoms with Gasteiger partial charge in [-0.1, -0.05) is 36.9 Å². The number of alkyl halides is 3. The number of thioether (sulfide) groups is 1. The SMILES string of the molecule is CCC1(C)SC(Cc2ccccc2C(F)(F)F)=NC1=O. The zero-order chi connectivity index (χ0) is 15.0. The van der Waals surface area contributed by atoms with Crippen LogP contribution in [0.1, 0.15) is 31.4 Å². The van der Waals surface area contributed by atoms with Gasteiger partial charge in [-0.05, 0) is 25.0 Å². The normalized spacial score (nSPS) is 23.1. The van der Waals surface area contributed by atoms with Gasteiger partial charge in [0.15, 0.2) is 0 Å². The molecule has 1 aliphatic rings. The monoisotopic (exact) mass is 301 g/mol. The van der Waals surface area contributed by atoms with E-state index >= 15 is 0 Å². The maximum absolute atomic E-state index is 12.9. The zero-order valence-electron chi connectivity index (χ0n) is 11.1. The van der Waals surface area contributed by atoms with Crippen LogP contribution in [0.3, 0.4) is 0 Å². The van der Waals surface area contributed by atoms with Crippen LogP contribution in [0, 0.1) is 0 Å². The molecule has 0 fully saturated rings. The highest BCUT2D eigenvalue weighted by molar-refractivity contribution is 8.16. The van der Waals surface area contributed by atoms with Gasteiger partial charge < -0.3 is 0 Å². The number of amides is 1. The Morgan fingerprint density at radius 2 is 1.95 bits per heavy atom. The van der Waals surface area contributed by atoms with Gasteiger partial charge in [0.25, 0.3) is 5.91 Å². The summed E-state index contributed by atoms with van der Waals surface area (Å²) in [6, 6.07) is 5.40. The summed E-state index contributed by atoms with van der Waals surface area (Å²) in [6.07, 6.45) is -3.75. The predicted molar refractivity (Wildman–Crippen MR) is 73.9 cm³/mol. The van der Waals surface area contributed by atoms with E-state index in [-0.39, 0.29) is 17.9 Å². The summed E-state index contributed by atoms with van der Waals surface area (Å²) in [6.45, 7) is 3.64. The quantitative estimate of drug-likeness (QED) is 0.841. The average Bonchev–Trinajstić information content (AvgIpc) is 2.64. The third kappa shape index (κ3) is 2.90. The molecule has 1 amide bonds. The maximum Gasteiger partial charge on any atom is 0.416 e. The van der Waals surface area contributed by atoms with Crippen molar-refractivity contribution < 1.29 is 18.0 Å². The van der Waals surface area contributed by atoms with Crippen LogP contribution < -0.4 is 0 Å². The number of carbonyl (C=O) groups excluding carboxylic acids is 1. The van der Waals surface area contributed by atoms with Crippen LogP contribution in [-0.2, 0) is 17.4 Å². The van der Waals surface area contributed by atoms with Gasteiger partial charge in [0, 0.05) is 6.42 Å². The molecule has 0 N–H and O–H groups in total. The number of benzene rings is 1. The van der Waals surface area contributed by atoms with Gasteiger partial charge in [0.1, 0.15) is 0 Å². The van der Waals surface area contributed by atoms with E-state index in [4.69, 9.17) is 0 Å². The molecule has 1 atom stereocenters. The first kappa shape index (κ1) is 15.1. The van der Waals surface area contributed by atoms with Crippen LogP contribution in [0.15, 0.2) is 29.3 Å². The number of hydrogen-bond acceptors (Lipinski definition) is 2. The highest BCUT2D eigenvalue weighted by Gasteiger charge is 2.40. The van der Waals surface area contributed by atoms with Crippen molar-refractivity contribution in [2.45, 2.75) is 37.6 Å². The van der Waals surface area contributed by atoms with Crippen LogP contribution in [0.5, 0.6) is 0 Å². The van der Waals surface area contributed by atoms with Crippen molar-refractivity contribution >= 4 is 22.7 Å². The van der Waals surface area contributed by atoms with Crippen molar-refractivity contribution in [2.75, 3.05) is 0 Å². The molecule has 0 radical (unpaired) electrons. The molecule has 1 aromatic rings. The lowest BCUT2D eigenvalue weighted by molar-refractivity contribution is -0.138. The third-order valence-electron chi connectivity index (χ3n) is 3.36. The predicted octanol–water partition coefficient (Wildman–Crippen LogP) is 4.09. The number of carbonyl (C=O) groups is 1. The summed E-state index contributed by atoms with van der Waals surface area (Å²) in [7, 11) is 0. The van der Waals surface area contributed by atoms with Crippen LogP contribution in [-0.4, -0.2) is 15.7 Å². The van der Waals surface area contributed by atoms with Gasteiger partial charge >= 0.3 is 6.18 Å². The highest BCUT2D eigenvalue weighted by Crippen LogP contribution is 2.39. The molecule has 1 heterocycles. The van der Waals surface area contributed by atoms with E-state index < -0.39 is 16.5 Å². The standard InChI is InChI=1S/C14H14F3NOS/c1-3-13(2)12(19)18-11(20-13)8-9-6-4-5-7-10(9)14(15,16)17/h4-7H,3,8H2,1-2H3. The summed E-state index contributed by atoms with van der Waals surface area (Å²) in [4.78, 5) is 15.7. The molecule has 0 aromatic heterocycles. The minimum atomic E-state index is -4.39. The topological polar surface area (TPSA) is 29.4 Å². The second kappa shape index (κ2) is 5.24. The van der Waals surface area contributed by atoms with Crippen molar-refractivity contribution in [3.63, 3.8) is 0 Å². The molecule has 108 valence electrons. The summed E-state index contributed by atoms with van der Waals surface area (Å²) in [5, 5.41) is 0.455. The second-order valence-corrected chi connectivity index (χ2v) is 6.41. The summed E-state index contributed by atoms with van der Waals surface area (Å²) in [5.41, 5.74) is -0.514. The molecule has 1 unspecified atom stereocenters. The molecule has 1 aromatic carbocycles. The van der Waals surface area contributed by atoms with E-state index in [1.165, 1.54) is 23.9 Å². The van der Waals surface area contributed by atoms with Crippen molar-refractivity contribution in [3.05, 3.63) is 35.4 Å². The lowest BCUT2D eigenvalue weighted by atomic mass is 10.0. The van der Waals surface area contributed by atoms with E-state index in [0.717, 1.165) is 6.07 Å². The summed E-state index contributed by atoms with van der Waals surface area (Å²) < 4.78 is 38.1. The summed E-state index contributed by atoms with van der Waals surface area (Å²) in [5.74, 6) is -0.260. The molecule has 2 rings (SSSR count). The van der Waals surface area contributed by atoms with E-state index in [9.17, 15) is 18.0 Å². The fourth-order valence-corrected chi connectivity index (χ4v) is 3.12. The van der Waals surface area contributed by atoms with Gasteiger partial charge in [-0.15, -0.1) is 0 Å². The van der Waals surface area contributed by atoms with Crippen molar-refractivity contribution in [3.8, 4) is 0 Å². The minimum absolute atomic E-state index is 0.0433. The van der Waals surface area contributed by atoms with Gasteiger partial charge in [-0.3, -0.25) is 4.79 Å². The molecule has 1 aliphatic heterocycles. The lowest BCUT2D eigenvalue weighted by Crippen LogP contribution is -2.25. The third-order valence-corrected chi connectivity index (χ3v) is 4.75. The van der Waals surface area contributed by atoms with Crippen LogP contribution >= 0.6 is 11.8 Å². The fourth-order valence-electron chi connectivity index (χ4n) is 1.97. The average molecular weight is 301 g/mol. The molecular weight excluding hydrogens is 287 g/mol. The minimum Gasteiger partial charge on any atom is -0.271 e. The van der Waals surface area contributed by atoms with Gasteiger partial charge in [-0.25, -0.2) is 4.99 Å². The Bertz CT molecular complexity index is 568. The smallest absolute Gasteiger partial charge is 0.271 e. The zero-order valence-corrected chi connectivity index (χ0v) is 11.9. The fraction of sp³-hybridized carbons (Fsp3) is 0.429. The Balaban J connectivity index is 2.25. The summed E-state index contributed by atoms with van der Waals surface area (Å²) >= 11 is 1.27. The number of halogens is 3. The largest absolute Gasteiger partial charge is 0.416 e. The molecule has 0 bridgehead atoms. The molecule has 0 saturated carbocycles. The molecule has 0 spiro atoms. The Hall–Kier alpha value is -1.30. The maximum atomic E-state index is 12.9. The molecule has 6 heteroatoms. The van der Waals surface area contributed by atoms with Crippen molar-refractivity contribution in [1.82, 2.24) is 0 Å². The van der Waals surface area contributed by atoms with Gasteiger partial charge in [0.05, 0.1) is 15.4 Å². The number of rotatable bonds is 3. The lowest BCUT2D eigenvalue weighted by Gasteiger charge is -2.17. The molecular formula is C14H14F3NOS. The van der Waals surface area contributed by atoms with E-state index in [0.29, 0.717) is 11.5 Å². The number of nitrogens with zero attached hydrogens (tertiary/aromatic N) is 1.